The van der Waals surface area contributed by atoms with Gasteiger partial charge in [0.15, 0.2) is 23.3 Å². The smallest absolute Gasteiger partial charge is 0.200 e. The summed E-state index contributed by atoms with van der Waals surface area (Å²) < 4.78 is 81.2. The molecule has 0 aliphatic carbocycles. The average molecular weight is 334 g/mol. The van der Waals surface area contributed by atoms with Gasteiger partial charge in [-0.1, -0.05) is 0 Å². The summed E-state index contributed by atoms with van der Waals surface area (Å²) in [4.78, 5) is -1.15. The Bertz CT molecular complexity index is 758. The van der Waals surface area contributed by atoms with Gasteiger partial charge in [-0.15, -0.1) is 0 Å². The first-order valence-electron chi connectivity index (χ1n) is 5.50. The number of nitriles is 1. The van der Waals surface area contributed by atoms with Crippen LogP contribution in [-0.4, -0.2) is 0 Å². The predicted octanol–water partition coefficient (Wildman–Crippen LogP) is 4.51. The van der Waals surface area contributed by atoms with Crippen LogP contribution < -0.4 is 4.72 Å². The highest BCUT2D eigenvalue weighted by Crippen LogP contribution is 2.31. The Morgan fingerprint density at radius 3 is 1.91 bits per heavy atom. The van der Waals surface area contributed by atoms with Crippen molar-refractivity contribution in [2.24, 2.45) is 0 Å². The Labute approximate surface area is 124 Å². The summed E-state index contributed by atoms with van der Waals surface area (Å²) in [5.74, 6) is -11.3. The molecule has 0 unspecified atom stereocenters. The first-order valence-corrected chi connectivity index (χ1v) is 6.32. The van der Waals surface area contributed by atoms with Crippen LogP contribution in [0.25, 0.3) is 0 Å². The Morgan fingerprint density at radius 1 is 0.864 bits per heavy atom. The first kappa shape index (κ1) is 16.0. The van der Waals surface area contributed by atoms with Crippen molar-refractivity contribution in [2.75, 3.05) is 4.72 Å². The van der Waals surface area contributed by atoms with E-state index in [1.165, 1.54) is 6.07 Å². The highest BCUT2D eigenvalue weighted by molar-refractivity contribution is 8.00. The standard InChI is InChI=1S/C13H4F6N2S/c14-7-3-6(2-1-5(7)4-20)21-22-13-11(18)9(16)8(15)10(17)12(13)19/h1-3,21H. The molecule has 2 nitrogen and oxygen atoms in total. The SMILES string of the molecule is N#Cc1ccc(NSc2c(F)c(F)c(F)c(F)c2F)cc1F. The van der Waals surface area contributed by atoms with E-state index in [1.807, 2.05) is 0 Å². The number of halogens is 6. The Morgan fingerprint density at radius 2 is 1.41 bits per heavy atom. The van der Waals surface area contributed by atoms with Crippen molar-refractivity contribution in [1.29, 1.82) is 5.26 Å². The van der Waals surface area contributed by atoms with Crippen LogP contribution in [0.2, 0.25) is 0 Å². The normalized spacial score (nSPS) is 10.4. The Kier molecular flexibility index (Phi) is 4.51. The molecule has 0 spiro atoms. The van der Waals surface area contributed by atoms with E-state index in [9.17, 15) is 26.3 Å². The molecule has 0 amide bonds. The zero-order chi connectivity index (χ0) is 16.4. The molecule has 0 fully saturated rings. The van der Waals surface area contributed by atoms with Crippen molar-refractivity contribution >= 4 is 17.6 Å². The minimum atomic E-state index is -2.26. The third-order valence-electron chi connectivity index (χ3n) is 2.53. The van der Waals surface area contributed by atoms with Gasteiger partial charge >= 0.3 is 0 Å². The zero-order valence-corrected chi connectivity index (χ0v) is 11.2. The van der Waals surface area contributed by atoms with Gasteiger partial charge in [0.2, 0.25) is 5.82 Å². The quantitative estimate of drug-likeness (QED) is 0.388. The van der Waals surface area contributed by atoms with E-state index in [0.29, 0.717) is 0 Å². The number of hydrogen-bond acceptors (Lipinski definition) is 3. The van der Waals surface area contributed by atoms with Crippen molar-refractivity contribution in [3.63, 3.8) is 0 Å². The summed E-state index contributed by atoms with van der Waals surface area (Å²) in [7, 11) is 0. The molecule has 0 heterocycles. The fourth-order valence-corrected chi connectivity index (χ4v) is 2.16. The number of hydrogen-bond donors (Lipinski definition) is 1. The number of nitrogens with one attached hydrogen (secondary N) is 1. The van der Waals surface area contributed by atoms with Crippen LogP contribution in [-0.2, 0) is 0 Å². The molecule has 0 atom stereocenters. The molecule has 0 aliphatic rings. The van der Waals surface area contributed by atoms with Crippen molar-refractivity contribution in [3.05, 3.63) is 58.7 Å². The van der Waals surface area contributed by atoms with Crippen LogP contribution in [0.1, 0.15) is 5.56 Å². The lowest BCUT2D eigenvalue weighted by atomic mass is 10.2. The van der Waals surface area contributed by atoms with E-state index < -0.39 is 39.8 Å². The average Bonchev–Trinajstić information content (AvgIpc) is 2.51. The van der Waals surface area contributed by atoms with Crippen molar-refractivity contribution in [2.45, 2.75) is 4.90 Å². The van der Waals surface area contributed by atoms with Gasteiger partial charge in [0.05, 0.1) is 5.56 Å². The van der Waals surface area contributed by atoms with Crippen LogP contribution in [0.5, 0.6) is 0 Å². The molecular weight excluding hydrogens is 330 g/mol. The molecule has 114 valence electrons. The highest BCUT2D eigenvalue weighted by atomic mass is 32.2. The topological polar surface area (TPSA) is 35.8 Å². The van der Waals surface area contributed by atoms with Gasteiger partial charge in [-0.05, 0) is 30.1 Å². The third-order valence-corrected chi connectivity index (χ3v) is 3.43. The minimum absolute atomic E-state index is 0.0227. The molecule has 1 N–H and O–H groups in total. The summed E-state index contributed by atoms with van der Waals surface area (Å²) in [5, 5.41) is 8.54. The fraction of sp³-hybridized carbons (Fsp3) is 0. The van der Waals surface area contributed by atoms with E-state index in [1.54, 1.807) is 6.07 Å². The van der Waals surface area contributed by atoms with Gasteiger partial charge in [0, 0.05) is 5.69 Å². The largest absolute Gasteiger partial charge is 0.325 e. The van der Waals surface area contributed by atoms with Crippen LogP contribution in [0, 0.1) is 46.2 Å². The van der Waals surface area contributed by atoms with Crippen LogP contribution in [0.15, 0.2) is 23.1 Å². The van der Waals surface area contributed by atoms with Crippen molar-refractivity contribution in [1.82, 2.24) is 0 Å². The molecule has 2 rings (SSSR count). The summed E-state index contributed by atoms with van der Waals surface area (Å²) >= 11 is 0.0897. The molecule has 2 aromatic rings. The second-order valence-corrected chi connectivity index (χ2v) is 4.73. The highest BCUT2D eigenvalue weighted by Gasteiger charge is 2.26. The fourth-order valence-electron chi connectivity index (χ4n) is 1.45. The molecule has 0 aliphatic heterocycles. The van der Waals surface area contributed by atoms with Crippen molar-refractivity contribution < 1.29 is 26.3 Å². The molecule has 0 aromatic heterocycles. The van der Waals surface area contributed by atoms with Crippen LogP contribution in [0.3, 0.4) is 0 Å². The molecule has 0 bridgehead atoms. The van der Waals surface area contributed by atoms with Gasteiger partial charge in [0.25, 0.3) is 0 Å². The van der Waals surface area contributed by atoms with Gasteiger partial charge in [-0.25, -0.2) is 26.3 Å². The molecule has 22 heavy (non-hydrogen) atoms. The van der Waals surface area contributed by atoms with E-state index in [4.69, 9.17) is 5.26 Å². The number of nitrogens with zero attached hydrogens (tertiary/aromatic N) is 1. The summed E-state index contributed by atoms with van der Waals surface area (Å²) in [5.41, 5.74) is -0.280. The lowest BCUT2D eigenvalue weighted by Gasteiger charge is -2.09. The van der Waals surface area contributed by atoms with E-state index in [-0.39, 0.29) is 23.2 Å². The van der Waals surface area contributed by atoms with Gasteiger partial charge in [-0.3, -0.25) is 0 Å². The molecule has 0 saturated heterocycles. The van der Waals surface area contributed by atoms with E-state index in [0.717, 1.165) is 12.1 Å². The summed E-state index contributed by atoms with van der Waals surface area (Å²) in [6, 6.07) is 4.71. The molecule has 0 radical (unpaired) electrons. The van der Waals surface area contributed by atoms with Gasteiger partial charge in [0.1, 0.15) is 16.8 Å². The van der Waals surface area contributed by atoms with Crippen LogP contribution in [0.4, 0.5) is 32.0 Å². The number of anilines is 1. The Hall–Kier alpha value is -2.34. The number of rotatable bonds is 3. The zero-order valence-electron chi connectivity index (χ0n) is 10.4. The van der Waals surface area contributed by atoms with Gasteiger partial charge in [-0.2, -0.15) is 5.26 Å². The molecule has 2 aromatic carbocycles. The lowest BCUT2D eigenvalue weighted by molar-refractivity contribution is 0.361. The van der Waals surface area contributed by atoms with Crippen molar-refractivity contribution in [3.8, 4) is 6.07 Å². The van der Waals surface area contributed by atoms with E-state index in [2.05, 4.69) is 4.72 Å². The maximum atomic E-state index is 13.4. The first-order chi connectivity index (χ1) is 10.4. The Balaban J connectivity index is 2.30. The van der Waals surface area contributed by atoms with E-state index >= 15 is 0 Å². The number of benzene rings is 2. The monoisotopic (exact) mass is 334 g/mol. The molecular formula is C13H4F6N2S. The predicted molar refractivity (Wildman–Crippen MR) is 66.8 cm³/mol. The van der Waals surface area contributed by atoms with Gasteiger partial charge < -0.3 is 4.72 Å². The molecule has 9 heteroatoms. The maximum absolute atomic E-state index is 13.4. The lowest BCUT2D eigenvalue weighted by Crippen LogP contribution is -2.04. The summed E-state index contributed by atoms with van der Waals surface area (Å²) in [6.45, 7) is 0. The summed E-state index contributed by atoms with van der Waals surface area (Å²) in [6.07, 6.45) is 0. The molecule has 0 saturated carbocycles. The third kappa shape index (κ3) is 2.82. The minimum Gasteiger partial charge on any atom is -0.325 e. The second-order valence-electron chi connectivity index (χ2n) is 3.91. The van der Waals surface area contributed by atoms with Crippen LogP contribution >= 0.6 is 11.9 Å². The maximum Gasteiger partial charge on any atom is 0.200 e. The second kappa shape index (κ2) is 6.19.